The van der Waals surface area contributed by atoms with Crippen LogP contribution in [0.1, 0.15) is 53.4 Å². The molecule has 2 fully saturated rings. The third-order valence-electron chi connectivity index (χ3n) is 7.01. The normalized spacial score (nSPS) is 16.0. The SMILES string of the molecule is CS(=O)(=O)NC(=O)c1cc(C2CC2)c(OCC2CCN(Cc3nc(-c4ccccc4Cl)no3)CC2)cc1F.O=C(O)C(F)(F)F. The fraction of sp³-hybridized carbons (Fsp3) is 0.429. The summed E-state index contributed by atoms with van der Waals surface area (Å²) >= 11 is 6.23. The molecule has 0 bridgehead atoms. The van der Waals surface area contributed by atoms with E-state index in [4.69, 9.17) is 30.8 Å². The van der Waals surface area contributed by atoms with E-state index < -0.39 is 33.9 Å². The van der Waals surface area contributed by atoms with Crippen LogP contribution in [0.3, 0.4) is 0 Å². The van der Waals surface area contributed by atoms with Crippen LogP contribution in [0, 0.1) is 11.7 Å². The van der Waals surface area contributed by atoms with Crippen molar-refractivity contribution in [1.29, 1.82) is 0 Å². The zero-order chi connectivity index (χ0) is 32.9. The molecule has 17 heteroatoms. The van der Waals surface area contributed by atoms with Crippen molar-refractivity contribution in [2.24, 2.45) is 5.92 Å². The standard InChI is InChI=1S/C26H28ClFN4O5S.C2HF3O2/c1-38(34,35)31-26(33)20-12-19(17-6-7-17)23(13-22(20)28)36-15-16-8-10-32(11-9-16)14-24-29-25(30-37-24)18-4-2-3-5-21(18)27;3-2(4,5)1(6)7/h2-5,12-13,16-17H,6-11,14-15H2,1H3,(H,31,33);(H,6,7). The Labute approximate surface area is 260 Å². The third kappa shape index (κ3) is 9.86. The van der Waals surface area contributed by atoms with E-state index in [9.17, 15) is 30.8 Å². The molecule has 3 aromatic rings. The molecule has 1 amide bonds. The van der Waals surface area contributed by atoms with Crippen molar-refractivity contribution < 1.29 is 49.9 Å². The van der Waals surface area contributed by atoms with Gasteiger partial charge in [0, 0.05) is 11.6 Å². The highest BCUT2D eigenvalue weighted by Crippen LogP contribution is 2.45. The number of nitrogens with zero attached hydrogens (tertiary/aromatic N) is 3. The Kier molecular flexibility index (Phi) is 10.7. The molecule has 1 aliphatic carbocycles. The van der Waals surface area contributed by atoms with Gasteiger partial charge in [0.2, 0.25) is 21.7 Å². The highest BCUT2D eigenvalue weighted by molar-refractivity contribution is 7.89. The van der Waals surface area contributed by atoms with Gasteiger partial charge in [-0.25, -0.2) is 22.3 Å². The summed E-state index contributed by atoms with van der Waals surface area (Å²) < 4.78 is 82.6. The monoisotopic (exact) mass is 676 g/mol. The number of hydrogen-bond acceptors (Lipinski definition) is 9. The van der Waals surface area contributed by atoms with Gasteiger partial charge >= 0.3 is 12.1 Å². The maximum Gasteiger partial charge on any atom is 0.490 e. The molecule has 0 radical (unpaired) electrons. The average Bonchev–Trinajstić information content (AvgIpc) is 3.70. The van der Waals surface area contributed by atoms with Gasteiger partial charge in [-0.3, -0.25) is 9.69 Å². The lowest BCUT2D eigenvalue weighted by molar-refractivity contribution is -0.192. The van der Waals surface area contributed by atoms with Gasteiger partial charge in [-0.15, -0.1) is 0 Å². The molecular weight excluding hydrogens is 648 g/mol. The van der Waals surface area contributed by atoms with Crippen LogP contribution in [-0.4, -0.2) is 72.6 Å². The van der Waals surface area contributed by atoms with E-state index in [1.807, 2.05) is 22.9 Å². The number of piperidine rings is 1. The maximum atomic E-state index is 14.7. The molecule has 1 aromatic heterocycles. The van der Waals surface area contributed by atoms with E-state index in [1.54, 1.807) is 6.07 Å². The second-order valence-electron chi connectivity index (χ2n) is 10.7. The summed E-state index contributed by atoms with van der Waals surface area (Å²) in [4.78, 5) is 27.9. The molecular formula is C28H29ClF4N4O7S. The first kappa shape index (κ1) is 34.1. The smallest absolute Gasteiger partial charge is 0.490 e. The number of amides is 1. The number of aliphatic carboxylic acids is 1. The Bertz CT molecular complexity index is 1640. The molecule has 45 heavy (non-hydrogen) atoms. The quantitative estimate of drug-likeness (QED) is 0.296. The molecule has 0 atom stereocenters. The van der Waals surface area contributed by atoms with Crippen molar-refractivity contribution in [2.45, 2.75) is 44.3 Å². The number of aromatic nitrogens is 2. The summed E-state index contributed by atoms with van der Waals surface area (Å²) in [5, 5.41) is 11.7. The molecule has 2 aromatic carbocycles. The van der Waals surface area contributed by atoms with Crippen LogP contribution >= 0.6 is 11.6 Å². The minimum atomic E-state index is -5.08. The first-order chi connectivity index (χ1) is 21.1. The van der Waals surface area contributed by atoms with Gasteiger partial charge < -0.3 is 14.4 Å². The minimum absolute atomic E-state index is 0.183. The molecule has 1 saturated heterocycles. The molecule has 2 aliphatic rings. The van der Waals surface area contributed by atoms with Crippen LogP contribution in [0.2, 0.25) is 5.02 Å². The lowest BCUT2D eigenvalue weighted by Crippen LogP contribution is -2.35. The highest BCUT2D eigenvalue weighted by Gasteiger charge is 2.38. The number of ether oxygens (including phenoxy) is 1. The van der Waals surface area contributed by atoms with Crippen molar-refractivity contribution in [2.75, 3.05) is 26.0 Å². The molecule has 244 valence electrons. The number of likely N-dealkylation sites (tertiary alicyclic amines) is 1. The molecule has 1 saturated carbocycles. The predicted molar refractivity (Wildman–Crippen MR) is 153 cm³/mol. The summed E-state index contributed by atoms with van der Waals surface area (Å²) in [5.41, 5.74) is 1.18. The van der Waals surface area contributed by atoms with Crippen LogP contribution in [-0.2, 0) is 21.4 Å². The van der Waals surface area contributed by atoms with Gasteiger partial charge in [0.25, 0.3) is 5.91 Å². The van der Waals surface area contributed by atoms with E-state index in [2.05, 4.69) is 15.0 Å². The second-order valence-corrected chi connectivity index (χ2v) is 12.8. The largest absolute Gasteiger partial charge is 0.493 e. The predicted octanol–water partition coefficient (Wildman–Crippen LogP) is 5.02. The van der Waals surface area contributed by atoms with Crippen LogP contribution < -0.4 is 9.46 Å². The van der Waals surface area contributed by atoms with Crippen LogP contribution in [0.15, 0.2) is 40.9 Å². The van der Waals surface area contributed by atoms with Crippen molar-refractivity contribution in [3.05, 3.63) is 64.3 Å². The fourth-order valence-corrected chi connectivity index (χ4v) is 5.26. The molecule has 5 rings (SSSR count). The summed E-state index contributed by atoms with van der Waals surface area (Å²) in [6, 6.07) is 9.97. The number of hydrogen-bond donors (Lipinski definition) is 2. The summed E-state index contributed by atoms with van der Waals surface area (Å²) in [6.45, 7) is 2.62. The zero-order valence-corrected chi connectivity index (χ0v) is 25.4. The number of carboxylic acid groups (broad SMARTS) is 1. The van der Waals surface area contributed by atoms with E-state index >= 15 is 0 Å². The first-order valence-corrected chi connectivity index (χ1v) is 16.0. The second kappa shape index (κ2) is 14.1. The molecule has 2 heterocycles. The molecule has 1 aliphatic heterocycles. The Morgan fingerprint density at radius 2 is 1.80 bits per heavy atom. The lowest BCUT2D eigenvalue weighted by atomic mass is 9.97. The molecule has 0 spiro atoms. The van der Waals surface area contributed by atoms with Gasteiger partial charge in [-0.05, 0) is 74.4 Å². The van der Waals surface area contributed by atoms with Gasteiger partial charge in [0.1, 0.15) is 11.6 Å². The van der Waals surface area contributed by atoms with Crippen LogP contribution in [0.4, 0.5) is 17.6 Å². The number of carbonyl (C=O) groups excluding carboxylic acids is 1. The summed E-state index contributed by atoms with van der Waals surface area (Å²) in [6.07, 6.45) is -0.612. The van der Waals surface area contributed by atoms with Crippen LogP contribution in [0.5, 0.6) is 5.75 Å². The Morgan fingerprint density at radius 1 is 1.16 bits per heavy atom. The van der Waals surface area contributed by atoms with Crippen molar-refractivity contribution in [1.82, 2.24) is 19.8 Å². The Morgan fingerprint density at radius 3 is 2.38 bits per heavy atom. The average molecular weight is 677 g/mol. The number of nitrogens with one attached hydrogen (secondary N) is 1. The fourth-order valence-electron chi connectivity index (χ4n) is 4.59. The van der Waals surface area contributed by atoms with E-state index in [0.717, 1.165) is 56.2 Å². The van der Waals surface area contributed by atoms with Gasteiger partial charge in [0.15, 0.2) is 0 Å². The summed E-state index contributed by atoms with van der Waals surface area (Å²) in [5.74, 6) is -2.67. The van der Waals surface area contributed by atoms with Gasteiger partial charge in [-0.2, -0.15) is 18.2 Å². The van der Waals surface area contributed by atoms with Crippen LogP contribution in [0.25, 0.3) is 11.4 Å². The molecule has 11 nitrogen and oxygen atoms in total. The van der Waals surface area contributed by atoms with Crippen molar-refractivity contribution in [3.63, 3.8) is 0 Å². The highest BCUT2D eigenvalue weighted by atomic mass is 35.5. The van der Waals surface area contributed by atoms with E-state index in [1.165, 1.54) is 12.1 Å². The zero-order valence-electron chi connectivity index (χ0n) is 23.8. The number of carbonyl (C=O) groups is 2. The van der Waals surface area contributed by atoms with E-state index in [0.29, 0.717) is 35.6 Å². The minimum Gasteiger partial charge on any atom is -0.493 e. The number of benzene rings is 2. The number of alkyl halides is 3. The Balaban J connectivity index is 0.000000591. The number of carboxylic acids is 1. The lowest BCUT2D eigenvalue weighted by Gasteiger charge is -2.31. The maximum absolute atomic E-state index is 14.7. The number of rotatable bonds is 9. The van der Waals surface area contributed by atoms with Crippen molar-refractivity contribution in [3.8, 4) is 17.1 Å². The third-order valence-corrected chi connectivity index (χ3v) is 7.89. The topological polar surface area (TPSA) is 152 Å². The molecule has 0 unspecified atom stereocenters. The van der Waals surface area contributed by atoms with Gasteiger partial charge in [0.05, 0.1) is 30.0 Å². The van der Waals surface area contributed by atoms with E-state index in [-0.39, 0.29) is 17.4 Å². The summed E-state index contributed by atoms with van der Waals surface area (Å²) in [7, 11) is -3.80. The Hall–Kier alpha value is -3.76. The number of halogens is 5. The first-order valence-electron chi connectivity index (χ1n) is 13.7. The molecule has 2 N–H and O–H groups in total. The van der Waals surface area contributed by atoms with Crippen molar-refractivity contribution >= 4 is 33.5 Å². The van der Waals surface area contributed by atoms with Gasteiger partial charge in [-0.1, -0.05) is 28.9 Å². The number of sulfonamides is 1.